The van der Waals surface area contributed by atoms with Crippen LogP contribution in [0, 0.1) is 0 Å². The van der Waals surface area contributed by atoms with Crippen LogP contribution in [0.4, 0.5) is 4.79 Å². The molecule has 2 amide bonds. The molecule has 0 saturated carbocycles. The highest BCUT2D eigenvalue weighted by Gasteiger charge is 2.36. The molecule has 3 aromatic rings. The van der Waals surface area contributed by atoms with E-state index in [9.17, 15) is 19.2 Å². The molecule has 0 atom stereocenters. The van der Waals surface area contributed by atoms with Gasteiger partial charge in [0.05, 0.1) is 32.4 Å². The molecule has 1 saturated heterocycles. The summed E-state index contributed by atoms with van der Waals surface area (Å²) >= 11 is 12.4. The summed E-state index contributed by atoms with van der Waals surface area (Å²) in [5.41, 5.74) is 0.452. The van der Waals surface area contributed by atoms with Crippen molar-refractivity contribution in [2.45, 2.75) is 0 Å². The highest BCUT2D eigenvalue weighted by Crippen LogP contribution is 2.32. The average Bonchev–Trinajstić information content (AvgIpc) is 2.99. The minimum absolute atomic E-state index is 0.0320. The predicted octanol–water partition coefficient (Wildman–Crippen LogP) is 5.02. The van der Waals surface area contributed by atoms with E-state index < -0.39 is 23.5 Å². The Bertz CT molecular complexity index is 1310. The Balaban J connectivity index is 1.60. The number of carbonyl (C=O) groups excluding carboxylic acids is 3. The Kier molecular flexibility index (Phi) is 5.51. The molecule has 150 valence electrons. The van der Waals surface area contributed by atoms with Gasteiger partial charge in [-0.1, -0.05) is 35.3 Å². The zero-order chi connectivity index (χ0) is 21.4. The van der Waals surface area contributed by atoms with Gasteiger partial charge >= 0.3 is 0 Å². The third-order valence-corrected chi connectivity index (χ3v) is 6.06. The molecule has 2 aromatic carbocycles. The van der Waals surface area contributed by atoms with E-state index in [2.05, 4.69) is 0 Å². The van der Waals surface area contributed by atoms with Crippen LogP contribution in [0.3, 0.4) is 0 Å². The van der Waals surface area contributed by atoms with Crippen LogP contribution < -0.4 is 5.43 Å². The first-order valence-electron chi connectivity index (χ1n) is 8.59. The fourth-order valence-corrected chi connectivity index (χ4v) is 4.00. The normalized spacial score (nSPS) is 15.4. The minimum Gasteiger partial charge on any atom is -0.463 e. The third-order valence-electron chi connectivity index (χ3n) is 4.41. The number of thioether (sulfide) groups is 1. The molecule has 6 nitrogen and oxygen atoms in total. The number of amides is 2. The molecule has 4 rings (SSSR count). The zero-order valence-corrected chi connectivity index (χ0v) is 17.4. The highest BCUT2D eigenvalue weighted by molar-refractivity contribution is 8.18. The zero-order valence-electron chi connectivity index (χ0n) is 15.1. The number of nitrogens with zero attached hydrogens (tertiary/aromatic N) is 1. The van der Waals surface area contributed by atoms with Crippen LogP contribution in [0.2, 0.25) is 10.0 Å². The maximum absolute atomic E-state index is 12.7. The topological polar surface area (TPSA) is 84.7 Å². The van der Waals surface area contributed by atoms with Crippen molar-refractivity contribution in [1.82, 2.24) is 4.90 Å². The Morgan fingerprint density at radius 3 is 2.60 bits per heavy atom. The molecular formula is C21H11Cl2NO5S. The van der Waals surface area contributed by atoms with Gasteiger partial charge in [-0.25, -0.2) is 0 Å². The van der Waals surface area contributed by atoms with Crippen LogP contribution in [-0.4, -0.2) is 28.4 Å². The van der Waals surface area contributed by atoms with Gasteiger partial charge in [0.25, 0.3) is 11.1 Å². The summed E-state index contributed by atoms with van der Waals surface area (Å²) in [4.78, 5) is 50.9. The van der Waals surface area contributed by atoms with Crippen molar-refractivity contribution in [1.29, 1.82) is 0 Å². The molecule has 9 heteroatoms. The van der Waals surface area contributed by atoms with Gasteiger partial charge in [0.1, 0.15) is 11.8 Å². The van der Waals surface area contributed by atoms with Crippen molar-refractivity contribution in [3.8, 4) is 0 Å². The fourth-order valence-electron chi connectivity index (χ4n) is 2.87. The van der Waals surface area contributed by atoms with Crippen LogP contribution in [-0.2, 0) is 4.79 Å². The maximum Gasteiger partial charge on any atom is 0.293 e. The fraction of sp³-hybridized carbons (Fsp3) is 0.0476. The average molecular weight is 460 g/mol. The Morgan fingerprint density at radius 1 is 1.07 bits per heavy atom. The van der Waals surface area contributed by atoms with Gasteiger partial charge < -0.3 is 4.42 Å². The number of imide groups is 1. The lowest BCUT2D eigenvalue weighted by molar-refractivity contribution is -0.122. The summed E-state index contributed by atoms with van der Waals surface area (Å²) < 4.78 is 5.42. The quantitative estimate of drug-likeness (QED) is 0.402. The summed E-state index contributed by atoms with van der Waals surface area (Å²) in [5.74, 6) is -1.13. The second kappa shape index (κ2) is 8.10. The van der Waals surface area contributed by atoms with Gasteiger partial charge in [0.2, 0.25) is 0 Å². The van der Waals surface area contributed by atoms with E-state index in [0.29, 0.717) is 22.7 Å². The van der Waals surface area contributed by atoms with E-state index in [1.54, 1.807) is 24.3 Å². The van der Waals surface area contributed by atoms with Crippen LogP contribution in [0.15, 0.2) is 62.8 Å². The monoisotopic (exact) mass is 459 g/mol. The van der Waals surface area contributed by atoms with E-state index in [1.807, 2.05) is 0 Å². The number of hydrogen-bond donors (Lipinski definition) is 0. The van der Waals surface area contributed by atoms with Gasteiger partial charge in [-0.15, -0.1) is 0 Å². The number of carbonyl (C=O) groups is 3. The lowest BCUT2D eigenvalue weighted by Crippen LogP contribution is -2.33. The molecule has 0 unspecified atom stereocenters. The molecule has 1 fully saturated rings. The highest BCUT2D eigenvalue weighted by atomic mass is 35.5. The number of benzene rings is 2. The number of halogens is 2. The molecule has 1 aliphatic heterocycles. The minimum atomic E-state index is -0.661. The molecule has 0 aliphatic carbocycles. The molecule has 1 aromatic heterocycles. The third kappa shape index (κ3) is 3.79. The lowest BCUT2D eigenvalue weighted by Gasteiger charge is -2.11. The predicted molar refractivity (Wildman–Crippen MR) is 116 cm³/mol. The molecule has 30 heavy (non-hydrogen) atoms. The van der Waals surface area contributed by atoms with Crippen molar-refractivity contribution in [3.63, 3.8) is 0 Å². The van der Waals surface area contributed by atoms with Crippen molar-refractivity contribution in [3.05, 3.63) is 85.0 Å². The van der Waals surface area contributed by atoms with Crippen molar-refractivity contribution in [2.75, 3.05) is 6.54 Å². The number of hydrogen-bond acceptors (Lipinski definition) is 6. The van der Waals surface area contributed by atoms with E-state index in [1.165, 1.54) is 30.5 Å². The smallest absolute Gasteiger partial charge is 0.293 e. The van der Waals surface area contributed by atoms with E-state index >= 15 is 0 Å². The Morgan fingerprint density at radius 2 is 1.83 bits per heavy atom. The maximum atomic E-state index is 12.7. The van der Waals surface area contributed by atoms with Gasteiger partial charge in [0.15, 0.2) is 11.2 Å². The molecule has 2 heterocycles. The molecule has 0 bridgehead atoms. The van der Waals surface area contributed by atoms with Gasteiger partial charge in [-0.2, -0.15) is 0 Å². The Hall–Kier alpha value is -2.87. The van der Waals surface area contributed by atoms with E-state index in [-0.39, 0.29) is 31.5 Å². The largest absolute Gasteiger partial charge is 0.463 e. The molecule has 0 spiro atoms. The standard InChI is InChI=1S/C21H11Cl2NO5S/c22-14-6-5-11(7-15(14)23)16(25)9-24-20(27)18(30-21(24)28)8-12-10-29-17-4-2-1-3-13(17)19(12)26/h1-8,10H,9H2/b18-8-. The summed E-state index contributed by atoms with van der Waals surface area (Å²) in [6.45, 7) is -0.452. The number of fused-ring (bicyclic) bond motifs is 1. The summed E-state index contributed by atoms with van der Waals surface area (Å²) in [6.07, 6.45) is 2.53. The number of para-hydroxylation sites is 1. The molecular weight excluding hydrogens is 449 g/mol. The summed E-state index contributed by atoms with van der Waals surface area (Å²) in [6, 6.07) is 11.0. The van der Waals surface area contributed by atoms with Crippen molar-refractivity contribution in [2.24, 2.45) is 0 Å². The number of Topliss-reactive ketones (excluding diaryl/α,β-unsaturated/α-hetero) is 1. The van der Waals surface area contributed by atoms with E-state index in [4.69, 9.17) is 27.6 Å². The second-order valence-electron chi connectivity index (χ2n) is 6.34. The van der Waals surface area contributed by atoms with Crippen LogP contribution in [0.1, 0.15) is 15.9 Å². The number of ketones is 1. The lowest BCUT2D eigenvalue weighted by atomic mass is 10.1. The second-order valence-corrected chi connectivity index (χ2v) is 8.14. The molecule has 0 N–H and O–H groups in total. The molecule has 0 radical (unpaired) electrons. The van der Waals surface area contributed by atoms with Crippen LogP contribution >= 0.6 is 35.0 Å². The van der Waals surface area contributed by atoms with Crippen molar-refractivity contribution >= 4 is 68.9 Å². The first-order chi connectivity index (χ1) is 14.3. The first kappa shape index (κ1) is 20.4. The number of rotatable bonds is 4. The van der Waals surface area contributed by atoms with Gasteiger partial charge in [0, 0.05) is 5.56 Å². The SMILES string of the molecule is O=C(CN1C(=O)S/C(=C\c2coc3ccccc3c2=O)C1=O)c1ccc(Cl)c(Cl)c1. The molecule has 1 aliphatic rings. The van der Waals surface area contributed by atoms with Crippen molar-refractivity contribution < 1.29 is 18.8 Å². The van der Waals surface area contributed by atoms with Crippen LogP contribution in [0.25, 0.3) is 17.0 Å². The van der Waals surface area contributed by atoms with Gasteiger partial charge in [-0.3, -0.25) is 24.1 Å². The first-order valence-corrected chi connectivity index (χ1v) is 10.2. The van der Waals surface area contributed by atoms with Crippen LogP contribution in [0.5, 0.6) is 0 Å². The summed E-state index contributed by atoms with van der Waals surface area (Å²) in [5, 5.41) is 0.237. The van der Waals surface area contributed by atoms with Gasteiger partial charge in [-0.05, 0) is 48.2 Å². The Labute approximate surface area is 184 Å². The van der Waals surface area contributed by atoms with E-state index in [0.717, 1.165) is 4.90 Å². The summed E-state index contributed by atoms with van der Waals surface area (Å²) in [7, 11) is 0.